The monoisotopic (exact) mass is 286 g/mol. The van der Waals surface area contributed by atoms with E-state index in [1.807, 2.05) is 6.07 Å². The summed E-state index contributed by atoms with van der Waals surface area (Å²) in [6, 6.07) is 7.00. The molecule has 0 aromatic carbocycles. The summed E-state index contributed by atoms with van der Waals surface area (Å²) in [5.74, 6) is -0.373. The van der Waals surface area contributed by atoms with Gasteiger partial charge < -0.3 is 9.73 Å². The van der Waals surface area contributed by atoms with E-state index in [1.54, 1.807) is 30.6 Å². The molecule has 7 heteroatoms. The van der Waals surface area contributed by atoms with Gasteiger partial charge in [-0.25, -0.2) is 5.43 Å². The number of furan rings is 1. The summed E-state index contributed by atoms with van der Waals surface area (Å²) in [5, 5.41) is 6.30. The number of hydrogen-bond donors (Lipinski definition) is 2. The number of nitrogens with zero attached hydrogens (tertiary/aromatic N) is 2. The molecule has 0 aliphatic heterocycles. The van der Waals surface area contributed by atoms with Crippen molar-refractivity contribution in [3.8, 4) is 0 Å². The molecule has 2 rings (SSSR count). The Balaban J connectivity index is 1.68. The molecule has 2 N–H and O–H groups in total. The number of amides is 2. The molecule has 2 aromatic heterocycles. The molecule has 0 spiro atoms. The molecule has 0 atom stereocenters. The average molecular weight is 286 g/mol. The molecule has 0 bridgehead atoms. The van der Waals surface area contributed by atoms with Crippen molar-refractivity contribution in [1.82, 2.24) is 15.7 Å². The van der Waals surface area contributed by atoms with E-state index in [4.69, 9.17) is 4.42 Å². The van der Waals surface area contributed by atoms with Gasteiger partial charge in [0, 0.05) is 18.9 Å². The van der Waals surface area contributed by atoms with Gasteiger partial charge in [0.25, 0.3) is 0 Å². The molecular weight excluding hydrogens is 272 g/mol. The first kappa shape index (κ1) is 14.4. The Hall–Kier alpha value is -2.96. The first-order chi connectivity index (χ1) is 10.2. The third-order valence-electron chi connectivity index (χ3n) is 2.46. The zero-order valence-corrected chi connectivity index (χ0v) is 11.2. The van der Waals surface area contributed by atoms with Gasteiger partial charge in [0.05, 0.1) is 12.5 Å². The zero-order valence-electron chi connectivity index (χ0n) is 11.2. The molecule has 2 heterocycles. The first-order valence-corrected chi connectivity index (χ1v) is 6.25. The number of aromatic nitrogens is 1. The molecule has 0 fully saturated rings. The van der Waals surface area contributed by atoms with Crippen molar-refractivity contribution in [3.05, 3.63) is 54.2 Å². The second-order valence-corrected chi connectivity index (χ2v) is 4.12. The predicted molar refractivity (Wildman–Crippen MR) is 75.1 cm³/mol. The Labute approximate surface area is 121 Å². The van der Waals surface area contributed by atoms with Crippen LogP contribution in [-0.4, -0.2) is 23.0 Å². The number of carbonyl (C=O) groups excluding carboxylic acids is 2. The van der Waals surface area contributed by atoms with Crippen molar-refractivity contribution in [3.63, 3.8) is 0 Å². The normalized spacial score (nSPS) is 10.5. The lowest BCUT2D eigenvalue weighted by molar-refractivity contribution is -0.129. The minimum Gasteiger partial charge on any atom is -0.463 e. The lowest BCUT2D eigenvalue weighted by Gasteiger charge is -2.04. The SMILES string of the molecule is O=C(CC(=O)N/N=C\c1ccco1)NCc1cccnc1. The minimum absolute atomic E-state index is 0.296. The smallest absolute Gasteiger partial charge is 0.249 e. The quantitative estimate of drug-likeness (QED) is 0.467. The Morgan fingerprint density at radius 2 is 2.19 bits per heavy atom. The van der Waals surface area contributed by atoms with Gasteiger partial charge in [-0.05, 0) is 23.8 Å². The van der Waals surface area contributed by atoms with E-state index in [2.05, 4.69) is 20.8 Å². The fraction of sp³-hybridized carbons (Fsp3) is 0.143. The van der Waals surface area contributed by atoms with Crippen molar-refractivity contribution in [2.75, 3.05) is 0 Å². The van der Waals surface area contributed by atoms with Crippen molar-refractivity contribution in [1.29, 1.82) is 0 Å². The Kier molecular flexibility index (Phi) is 5.22. The molecule has 0 saturated carbocycles. The van der Waals surface area contributed by atoms with Crippen LogP contribution in [0.15, 0.2) is 52.4 Å². The van der Waals surface area contributed by atoms with Gasteiger partial charge in [-0.2, -0.15) is 5.10 Å². The van der Waals surface area contributed by atoms with E-state index in [0.717, 1.165) is 5.56 Å². The highest BCUT2D eigenvalue weighted by molar-refractivity contribution is 5.97. The molecule has 21 heavy (non-hydrogen) atoms. The number of carbonyl (C=O) groups is 2. The van der Waals surface area contributed by atoms with Crippen molar-refractivity contribution >= 4 is 18.0 Å². The van der Waals surface area contributed by atoms with Gasteiger partial charge in [0.2, 0.25) is 11.8 Å². The lowest BCUT2D eigenvalue weighted by Crippen LogP contribution is -2.29. The summed E-state index contributed by atoms with van der Waals surface area (Å²) in [6.07, 6.45) is 5.85. The van der Waals surface area contributed by atoms with Crippen LogP contribution >= 0.6 is 0 Å². The van der Waals surface area contributed by atoms with Crippen LogP contribution in [0, 0.1) is 0 Å². The highest BCUT2D eigenvalue weighted by atomic mass is 16.3. The van der Waals surface area contributed by atoms with Gasteiger partial charge in [0.15, 0.2) is 0 Å². The summed E-state index contributed by atoms with van der Waals surface area (Å²) in [4.78, 5) is 27.0. The fourth-order valence-corrected chi connectivity index (χ4v) is 1.48. The van der Waals surface area contributed by atoms with Gasteiger partial charge in [-0.1, -0.05) is 6.07 Å². The van der Waals surface area contributed by atoms with E-state index in [0.29, 0.717) is 12.3 Å². The maximum atomic E-state index is 11.6. The van der Waals surface area contributed by atoms with E-state index in [-0.39, 0.29) is 12.3 Å². The summed E-state index contributed by atoms with van der Waals surface area (Å²) >= 11 is 0. The van der Waals surface area contributed by atoms with Crippen LogP contribution in [0.3, 0.4) is 0 Å². The van der Waals surface area contributed by atoms with Crippen LogP contribution in [0.5, 0.6) is 0 Å². The standard InChI is InChI=1S/C14H14N4O3/c19-13(16-9-11-3-1-5-15-8-11)7-14(20)18-17-10-12-4-2-6-21-12/h1-6,8,10H,7,9H2,(H,16,19)(H,18,20)/b17-10-. The molecule has 0 saturated heterocycles. The highest BCUT2D eigenvalue weighted by Gasteiger charge is 2.08. The molecule has 108 valence electrons. The molecule has 2 amide bonds. The van der Waals surface area contributed by atoms with Gasteiger partial charge >= 0.3 is 0 Å². The van der Waals surface area contributed by atoms with Crippen molar-refractivity contribution < 1.29 is 14.0 Å². The minimum atomic E-state index is -0.499. The largest absolute Gasteiger partial charge is 0.463 e. The third-order valence-corrected chi connectivity index (χ3v) is 2.46. The van der Waals surface area contributed by atoms with Gasteiger partial charge in [-0.3, -0.25) is 14.6 Å². The second-order valence-electron chi connectivity index (χ2n) is 4.12. The topological polar surface area (TPSA) is 96.6 Å². The number of hydrazone groups is 1. The van der Waals surface area contributed by atoms with Crippen LogP contribution in [0.25, 0.3) is 0 Å². The average Bonchev–Trinajstić information content (AvgIpc) is 2.99. The summed E-state index contributed by atoms with van der Waals surface area (Å²) < 4.78 is 5.00. The van der Waals surface area contributed by atoms with Crippen LogP contribution in [-0.2, 0) is 16.1 Å². The van der Waals surface area contributed by atoms with E-state index < -0.39 is 5.91 Å². The molecule has 0 unspecified atom stereocenters. The van der Waals surface area contributed by atoms with Crippen LogP contribution in [0.2, 0.25) is 0 Å². The second kappa shape index (κ2) is 7.59. The van der Waals surface area contributed by atoms with Crippen LogP contribution in [0.4, 0.5) is 0 Å². The van der Waals surface area contributed by atoms with Crippen molar-refractivity contribution in [2.45, 2.75) is 13.0 Å². The first-order valence-electron chi connectivity index (χ1n) is 6.25. The maximum absolute atomic E-state index is 11.6. The number of rotatable bonds is 6. The fourth-order valence-electron chi connectivity index (χ4n) is 1.48. The lowest BCUT2D eigenvalue weighted by atomic mass is 10.3. The summed E-state index contributed by atoms with van der Waals surface area (Å²) in [6.45, 7) is 0.329. The maximum Gasteiger partial charge on any atom is 0.249 e. The Morgan fingerprint density at radius 3 is 2.90 bits per heavy atom. The molecule has 0 aliphatic rings. The van der Waals surface area contributed by atoms with Crippen LogP contribution < -0.4 is 10.7 Å². The van der Waals surface area contributed by atoms with Crippen LogP contribution in [0.1, 0.15) is 17.7 Å². The van der Waals surface area contributed by atoms with E-state index in [9.17, 15) is 9.59 Å². The molecular formula is C14H14N4O3. The molecule has 0 radical (unpaired) electrons. The molecule has 2 aromatic rings. The zero-order chi connectivity index (χ0) is 14.9. The number of pyridine rings is 1. The summed E-state index contributed by atoms with van der Waals surface area (Å²) in [5.41, 5.74) is 3.11. The number of hydrogen-bond acceptors (Lipinski definition) is 5. The molecule has 0 aliphatic carbocycles. The predicted octanol–water partition coefficient (Wildman–Crippen LogP) is 0.831. The Bertz CT molecular complexity index is 608. The van der Waals surface area contributed by atoms with E-state index >= 15 is 0 Å². The van der Waals surface area contributed by atoms with E-state index in [1.165, 1.54) is 12.5 Å². The summed E-state index contributed by atoms with van der Waals surface area (Å²) in [7, 11) is 0. The highest BCUT2D eigenvalue weighted by Crippen LogP contribution is 1.95. The Morgan fingerprint density at radius 1 is 1.29 bits per heavy atom. The third kappa shape index (κ3) is 5.27. The number of nitrogens with one attached hydrogen (secondary N) is 2. The van der Waals surface area contributed by atoms with Gasteiger partial charge in [0.1, 0.15) is 12.2 Å². The molecule has 7 nitrogen and oxygen atoms in total. The van der Waals surface area contributed by atoms with Crippen molar-refractivity contribution in [2.24, 2.45) is 5.10 Å². The van der Waals surface area contributed by atoms with Gasteiger partial charge in [-0.15, -0.1) is 0 Å².